The lowest BCUT2D eigenvalue weighted by molar-refractivity contribution is -0.117. The number of carbonyl (C=O) groups is 1. The molecule has 0 radical (unpaired) electrons. The highest BCUT2D eigenvalue weighted by molar-refractivity contribution is 9.10. The number of rotatable bonds is 4. The molecule has 1 heterocycles. The predicted molar refractivity (Wildman–Crippen MR) is 95.4 cm³/mol. The molecule has 1 N–H and O–H groups in total. The Labute approximate surface area is 144 Å². The van der Waals surface area contributed by atoms with E-state index in [1.165, 1.54) is 5.56 Å². The molecule has 3 rings (SSSR count). The Morgan fingerprint density at radius 1 is 1.30 bits per heavy atom. The van der Waals surface area contributed by atoms with Crippen molar-refractivity contribution in [2.24, 2.45) is 0 Å². The summed E-state index contributed by atoms with van der Waals surface area (Å²) < 4.78 is 6.48. The highest BCUT2D eigenvalue weighted by Gasteiger charge is 2.15. The highest BCUT2D eigenvalue weighted by atomic mass is 79.9. The maximum absolute atomic E-state index is 12.1. The Hall–Kier alpha value is -2.07. The second-order valence-electron chi connectivity index (χ2n) is 5.55. The lowest BCUT2D eigenvalue weighted by atomic mass is 10.0. The molecule has 23 heavy (non-hydrogen) atoms. The molecule has 118 valence electrons. The lowest BCUT2D eigenvalue weighted by Gasteiger charge is -2.14. The van der Waals surface area contributed by atoms with E-state index in [4.69, 9.17) is 4.74 Å². The molecule has 0 saturated heterocycles. The average molecular weight is 372 g/mol. The molecule has 0 spiro atoms. The molecule has 2 aromatic carbocycles. The van der Waals surface area contributed by atoms with Crippen LogP contribution < -0.4 is 10.1 Å². The van der Waals surface area contributed by atoms with Gasteiger partial charge in [0.25, 0.3) is 0 Å². The molecule has 1 unspecified atom stereocenters. The molecule has 0 bridgehead atoms. The van der Waals surface area contributed by atoms with Crippen LogP contribution in [0, 0.1) is 0 Å². The number of nitrogens with one attached hydrogen (secondary N) is 1. The number of ether oxygens (including phenoxy) is 1. The SMILES string of the molecule is CC(NC(=O)/C=C/c1ccccc1Br)c1ccc2c(c1)CCO2. The molecule has 4 heteroatoms. The van der Waals surface area contributed by atoms with E-state index < -0.39 is 0 Å². The van der Waals surface area contributed by atoms with Gasteiger partial charge in [-0.1, -0.05) is 40.2 Å². The fourth-order valence-corrected chi connectivity index (χ4v) is 3.01. The minimum atomic E-state index is -0.106. The zero-order valence-corrected chi connectivity index (χ0v) is 14.5. The maximum Gasteiger partial charge on any atom is 0.244 e. The van der Waals surface area contributed by atoms with Crippen molar-refractivity contribution in [2.45, 2.75) is 19.4 Å². The van der Waals surface area contributed by atoms with Crippen molar-refractivity contribution >= 4 is 27.9 Å². The van der Waals surface area contributed by atoms with E-state index in [0.29, 0.717) is 0 Å². The van der Waals surface area contributed by atoms with Crippen LogP contribution in [-0.4, -0.2) is 12.5 Å². The first-order valence-electron chi connectivity index (χ1n) is 7.62. The van der Waals surface area contributed by atoms with Crippen LogP contribution in [0.1, 0.15) is 29.7 Å². The quantitative estimate of drug-likeness (QED) is 0.814. The van der Waals surface area contributed by atoms with Gasteiger partial charge in [0.05, 0.1) is 12.6 Å². The fraction of sp³-hybridized carbons (Fsp3) is 0.211. The normalized spacial score (nSPS) is 14.3. The van der Waals surface area contributed by atoms with Gasteiger partial charge in [0.1, 0.15) is 5.75 Å². The van der Waals surface area contributed by atoms with Crippen LogP contribution in [0.3, 0.4) is 0 Å². The van der Waals surface area contributed by atoms with Crippen molar-refractivity contribution in [3.63, 3.8) is 0 Å². The Bertz CT molecular complexity index is 755. The van der Waals surface area contributed by atoms with Gasteiger partial charge in [0, 0.05) is 17.0 Å². The summed E-state index contributed by atoms with van der Waals surface area (Å²) in [6.45, 7) is 2.73. The molecule has 1 atom stereocenters. The summed E-state index contributed by atoms with van der Waals surface area (Å²) in [6.07, 6.45) is 4.31. The molecule has 1 aliphatic rings. The van der Waals surface area contributed by atoms with Gasteiger partial charge < -0.3 is 10.1 Å². The van der Waals surface area contributed by atoms with Gasteiger partial charge in [-0.3, -0.25) is 4.79 Å². The largest absolute Gasteiger partial charge is 0.493 e. The fourth-order valence-electron chi connectivity index (χ4n) is 2.60. The second kappa shape index (κ2) is 7.01. The van der Waals surface area contributed by atoms with Crippen LogP contribution in [0.15, 0.2) is 53.0 Å². The van der Waals surface area contributed by atoms with Crippen LogP contribution in [0.25, 0.3) is 6.08 Å². The van der Waals surface area contributed by atoms with Crippen LogP contribution in [0.2, 0.25) is 0 Å². The molecular formula is C19H18BrNO2. The van der Waals surface area contributed by atoms with Crippen molar-refractivity contribution in [3.8, 4) is 5.75 Å². The minimum absolute atomic E-state index is 0.0442. The molecular weight excluding hydrogens is 354 g/mol. The highest BCUT2D eigenvalue weighted by Crippen LogP contribution is 2.28. The van der Waals surface area contributed by atoms with Crippen molar-refractivity contribution in [3.05, 3.63) is 69.7 Å². The third kappa shape index (κ3) is 3.82. The summed E-state index contributed by atoms with van der Waals surface area (Å²) in [6, 6.07) is 13.9. The first-order chi connectivity index (χ1) is 11.1. The van der Waals surface area contributed by atoms with E-state index in [9.17, 15) is 4.79 Å². The van der Waals surface area contributed by atoms with Crippen LogP contribution in [0.5, 0.6) is 5.75 Å². The van der Waals surface area contributed by atoms with Crippen LogP contribution in [0.4, 0.5) is 0 Å². The summed E-state index contributed by atoms with van der Waals surface area (Å²) in [4.78, 5) is 12.1. The molecule has 0 aliphatic carbocycles. The van der Waals surface area contributed by atoms with E-state index in [-0.39, 0.29) is 11.9 Å². The zero-order chi connectivity index (χ0) is 16.2. The summed E-state index contributed by atoms with van der Waals surface area (Å²) in [5.41, 5.74) is 3.29. The van der Waals surface area contributed by atoms with Gasteiger partial charge in [0.15, 0.2) is 0 Å². The van der Waals surface area contributed by atoms with Crippen molar-refractivity contribution in [1.29, 1.82) is 0 Å². The van der Waals surface area contributed by atoms with Gasteiger partial charge in [-0.05, 0) is 47.9 Å². The van der Waals surface area contributed by atoms with Crippen molar-refractivity contribution in [1.82, 2.24) is 5.32 Å². The summed E-state index contributed by atoms with van der Waals surface area (Å²) in [5, 5.41) is 3.00. The maximum atomic E-state index is 12.1. The number of hydrogen-bond donors (Lipinski definition) is 1. The van der Waals surface area contributed by atoms with E-state index >= 15 is 0 Å². The third-order valence-corrected chi connectivity index (χ3v) is 4.61. The molecule has 2 aromatic rings. The molecule has 1 amide bonds. The van der Waals surface area contributed by atoms with Gasteiger partial charge in [-0.25, -0.2) is 0 Å². The van der Waals surface area contributed by atoms with Crippen molar-refractivity contribution in [2.75, 3.05) is 6.61 Å². The summed E-state index contributed by atoms with van der Waals surface area (Å²) in [7, 11) is 0. The topological polar surface area (TPSA) is 38.3 Å². The van der Waals surface area contributed by atoms with Gasteiger partial charge in [-0.2, -0.15) is 0 Å². The first kappa shape index (κ1) is 15.8. The Balaban J connectivity index is 1.64. The number of fused-ring (bicyclic) bond motifs is 1. The van der Waals surface area contributed by atoms with Crippen molar-refractivity contribution < 1.29 is 9.53 Å². The third-order valence-electron chi connectivity index (χ3n) is 3.89. The number of amides is 1. The summed E-state index contributed by atoms with van der Waals surface area (Å²) >= 11 is 3.47. The number of benzene rings is 2. The average Bonchev–Trinajstić information content (AvgIpc) is 3.01. The van der Waals surface area contributed by atoms with E-state index in [1.54, 1.807) is 6.08 Å². The second-order valence-corrected chi connectivity index (χ2v) is 6.41. The number of hydrogen-bond acceptors (Lipinski definition) is 2. The van der Waals surface area contributed by atoms with Gasteiger partial charge >= 0.3 is 0 Å². The molecule has 3 nitrogen and oxygen atoms in total. The van der Waals surface area contributed by atoms with E-state index in [1.807, 2.05) is 49.4 Å². The lowest BCUT2D eigenvalue weighted by Crippen LogP contribution is -2.24. The number of halogens is 1. The Kier molecular flexibility index (Phi) is 4.82. The van der Waals surface area contributed by atoms with Crippen LogP contribution >= 0.6 is 15.9 Å². The standard InChI is InChI=1S/C19H18BrNO2/c1-13(15-6-8-18-16(12-15)10-11-23-18)21-19(22)9-7-14-4-2-3-5-17(14)20/h2-9,12-13H,10-11H2,1H3,(H,21,22)/b9-7+. The predicted octanol–water partition coefficient (Wildman–Crippen LogP) is 4.27. The van der Waals surface area contributed by atoms with Gasteiger partial charge in [0.2, 0.25) is 5.91 Å². The first-order valence-corrected chi connectivity index (χ1v) is 8.41. The summed E-state index contributed by atoms with van der Waals surface area (Å²) in [5.74, 6) is 0.853. The van der Waals surface area contributed by atoms with E-state index in [2.05, 4.69) is 27.3 Å². The Morgan fingerprint density at radius 3 is 2.96 bits per heavy atom. The molecule has 0 saturated carbocycles. The van der Waals surface area contributed by atoms with E-state index in [0.717, 1.165) is 34.4 Å². The Morgan fingerprint density at radius 2 is 2.13 bits per heavy atom. The van der Waals surface area contributed by atoms with Gasteiger partial charge in [-0.15, -0.1) is 0 Å². The zero-order valence-electron chi connectivity index (χ0n) is 12.9. The molecule has 0 fully saturated rings. The molecule has 0 aromatic heterocycles. The minimum Gasteiger partial charge on any atom is -0.493 e. The number of carbonyl (C=O) groups excluding carboxylic acids is 1. The monoisotopic (exact) mass is 371 g/mol. The smallest absolute Gasteiger partial charge is 0.244 e. The molecule has 1 aliphatic heterocycles. The van der Waals surface area contributed by atoms with Crippen LogP contribution in [-0.2, 0) is 11.2 Å².